The number of nitrogens with zero attached hydrogens (tertiary/aromatic N) is 1. The van der Waals surface area contributed by atoms with Gasteiger partial charge in [0.1, 0.15) is 0 Å². The molecule has 3 rings (SSSR count). The summed E-state index contributed by atoms with van der Waals surface area (Å²) in [6.45, 7) is 1.63. The number of piperidine rings is 1. The summed E-state index contributed by atoms with van der Waals surface area (Å²) in [4.78, 5) is 15.4. The van der Waals surface area contributed by atoms with Crippen LogP contribution in [-0.4, -0.2) is 29.9 Å². The molecule has 0 bridgehead atoms. The Morgan fingerprint density at radius 2 is 1.83 bits per heavy atom. The molecule has 1 heterocycles. The summed E-state index contributed by atoms with van der Waals surface area (Å²) in [6.07, 6.45) is 7.35. The van der Waals surface area contributed by atoms with Gasteiger partial charge in [-0.3, -0.25) is 4.79 Å². The zero-order valence-electron chi connectivity index (χ0n) is 13.5. The van der Waals surface area contributed by atoms with E-state index in [0.29, 0.717) is 5.91 Å². The fraction of sp³-hybridized carbons (Fsp3) is 0.611. The molecule has 5 heteroatoms. The van der Waals surface area contributed by atoms with Crippen LogP contribution >= 0.6 is 28.3 Å². The van der Waals surface area contributed by atoms with E-state index >= 15 is 0 Å². The molecule has 0 atom stereocenters. The van der Waals surface area contributed by atoms with E-state index in [9.17, 15) is 4.79 Å². The fourth-order valence-corrected chi connectivity index (χ4v) is 4.37. The number of nitrogens with two attached hydrogens (primary N) is 1. The van der Waals surface area contributed by atoms with Gasteiger partial charge < -0.3 is 10.6 Å². The van der Waals surface area contributed by atoms with Crippen molar-refractivity contribution in [1.29, 1.82) is 0 Å². The Hall–Kier alpha value is -0.580. The van der Waals surface area contributed by atoms with E-state index in [1.165, 1.54) is 12.0 Å². The first-order valence-corrected chi connectivity index (χ1v) is 9.22. The first-order chi connectivity index (χ1) is 10.6. The quantitative estimate of drug-likeness (QED) is 0.813. The Balaban J connectivity index is 0.00000192. The summed E-state index contributed by atoms with van der Waals surface area (Å²) >= 11 is 3.56. The molecule has 2 N–H and O–H groups in total. The van der Waals surface area contributed by atoms with Crippen molar-refractivity contribution in [3.05, 3.63) is 34.3 Å². The number of carbonyl (C=O) groups is 1. The first kappa shape index (κ1) is 18.8. The van der Waals surface area contributed by atoms with Gasteiger partial charge in [0, 0.05) is 23.6 Å². The molecular formula is C18H26BrClN2O. The van der Waals surface area contributed by atoms with Crippen molar-refractivity contribution in [1.82, 2.24) is 4.90 Å². The van der Waals surface area contributed by atoms with Crippen LogP contribution in [0.1, 0.15) is 50.5 Å². The molecule has 0 aromatic heterocycles. The normalized spacial score (nSPS) is 21.6. The second-order valence-corrected chi connectivity index (χ2v) is 7.70. The van der Waals surface area contributed by atoms with E-state index in [2.05, 4.69) is 39.0 Å². The molecule has 1 saturated carbocycles. The van der Waals surface area contributed by atoms with Crippen LogP contribution in [0, 0.1) is 0 Å². The van der Waals surface area contributed by atoms with E-state index in [-0.39, 0.29) is 23.9 Å². The molecule has 1 amide bonds. The molecule has 3 nitrogen and oxygen atoms in total. The maximum atomic E-state index is 13.4. The summed E-state index contributed by atoms with van der Waals surface area (Å²) in [7, 11) is 0. The minimum atomic E-state index is -0.316. The number of amides is 1. The van der Waals surface area contributed by atoms with E-state index in [4.69, 9.17) is 5.73 Å². The Morgan fingerprint density at radius 1 is 1.17 bits per heavy atom. The number of carbonyl (C=O) groups excluding carboxylic acids is 1. The average Bonchev–Trinajstić information content (AvgIpc) is 2.55. The molecule has 0 spiro atoms. The van der Waals surface area contributed by atoms with E-state index in [1.54, 1.807) is 0 Å². The molecule has 1 aliphatic carbocycles. The highest BCUT2D eigenvalue weighted by molar-refractivity contribution is 9.10. The molecule has 2 aliphatic rings. The Labute approximate surface area is 153 Å². The average molecular weight is 402 g/mol. The molecule has 23 heavy (non-hydrogen) atoms. The van der Waals surface area contributed by atoms with Crippen molar-refractivity contribution >= 4 is 34.2 Å². The van der Waals surface area contributed by atoms with Gasteiger partial charge in [-0.15, -0.1) is 12.4 Å². The van der Waals surface area contributed by atoms with Gasteiger partial charge in [0.2, 0.25) is 5.91 Å². The van der Waals surface area contributed by atoms with Crippen molar-refractivity contribution in [2.24, 2.45) is 5.73 Å². The highest BCUT2D eigenvalue weighted by Crippen LogP contribution is 2.42. The van der Waals surface area contributed by atoms with Crippen LogP contribution in [0.3, 0.4) is 0 Å². The highest BCUT2D eigenvalue weighted by Gasteiger charge is 2.43. The molecule has 1 aromatic carbocycles. The van der Waals surface area contributed by atoms with Gasteiger partial charge in [-0.1, -0.05) is 47.3 Å². The maximum absolute atomic E-state index is 13.4. The summed E-state index contributed by atoms with van der Waals surface area (Å²) in [5.41, 5.74) is 6.86. The molecule has 1 aromatic rings. The van der Waals surface area contributed by atoms with E-state index in [1.807, 2.05) is 6.07 Å². The Morgan fingerprint density at radius 3 is 2.43 bits per heavy atom. The highest BCUT2D eigenvalue weighted by atomic mass is 79.9. The number of benzene rings is 1. The summed E-state index contributed by atoms with van der Waals surface area (Å²) in [6, 6.07) is 8.61. The second-order valence-electron chi connectivity index (χ2n) is 6.78. The smallest absolute Gasteiger partial charge is 0.233 e. The topological polar surface area (TPSA) is 46.3 Å². The van der Waals surface area contributed by atoms with E-state index in [0.717, 1.165) is 56.1 Å². The number of hydrogen-bond acceptors (Lipinski definition) is 2. The van der Waals surface area contributed by atoms with Crippen LogP contribution in [0.5, 0.6) is 0 Å². The molecular weight excluding hydrogens is 376 g/mol. The van der Waals surface area contributed by atoms with Gasteiger partial charge in [-0.05, 0) is 43.4 Å². The lowest BCUT2D eigenvalue weighted by atomic mass is 9.68. The van der Waals surface area contributed by atoms with Crippen molar-refractivity contribution < 1.29 is 4.79 Å². The van der Waals surface area contributed by atoms with Gasteiger partial charge in [-0.2, -0.15) is 0 Å². The molecule has 0 unspecified atom stereocenters. The largest absolute Gasteiger partial charge is 0.342 e. The zero-order chi connectivity index (χ0) is 15.6. The predicted octanol–water partition coefficient (Wildman–Crippen LogP) is 4.02. The summed E-state index contributed by atoms with van der Waals surface area (Å²) < 4.78 is 1.06. The van der Waals surface area contributed by atoms with Crippen LogP contribution in [0.15, 0.2) is 28.7 Å². The van der Waals surface area contributed by atoms with Crippen LogP contribution in [0.2, 0.25) is 0 Å². The van der Waals surface area contributed by atoms with Crippen molar-refractivity contribution in [3.63, 3.8) is 0 Å². The van der Waals surface area contributed by atoms with Gasteiger partial charge >= 0.3 is 0 Å². The van der Waals surface area contributed by atoms with Gasteiger partial charge in [0.25, 0.3) is 0 Å². The Kier molecular flexibility index (Phi) is 6.52. The molecule has 1 aliphatic heterocycles. The summed E-state index contributed by atoms with van der Waals surface area (Å²) in [5, 5.41) is 0. The second kappa shape index (κ2) is 8.00. The molecule has 2 fully saturated rings. The van der Waals surface area contributed by atoms with Crippen molar-refractivity contribution in [3.8, 4) is 0 Å². The van der Waals surface area contributed by atoms with Gasteiger partial charge in [0.15, 0.2) is 0 Å². The van der Waals surface area contributed by atoms with E-state index < -0.39 is 0 Å². The van der Waals surface area contributed by atoms with Gasteiger partial charge in [0.05, 0.1) is 5.41 Å². The SMILES string of the molecule is Cl.NC1CCN(C(=O)C2(c3cccc(Br)c3)CCCCC2)CC1. The number of likely N-dealkylation sites (tertiary alicyclic amines) is 1. The van der Waals surface area contributed by atoms with Crippen LogP contribution < -0.4 is 5.73 Å². The van der Waals surface area contributed by atoms with Crippen molar-refractivity contribution in [2.75, 3.05) is 13.1 Å². The number of rotatable bonds is 2. The van der Waals surface area contributed by atoms with Crippen LogP contribution in [0.4, 0.5) is 0 Å². The number of halogens is 2. The molecule has 128 valence electrons. The minimum Gasteiger partial charge on any atom is -0.342 e. The van der Waals surface area contributed by atoms with Gasteiger partial charge in [-0.25, -0.2) is 0 Å². The number of hydrogen-bond donors (Lipinski definition) is 1. The van der Waals surface area contributed by atoms with Crippen LogP contribution in [-0.2, 0) is 10.2 Å². The van der Waals surface area contributed by atoms with Crippen LogP contribution in [0.25, 0.3) is 0 Å². The zero-order valence-corrected chi connectivity index (χ0v) is 15.9. The minimum absolute atomic E-state index is 0. The lowest BCUT2D eigenvalue weighted by Gasteiger charge is -2.42. The first-order valence-electron chi connectivity index (χ1n) is 8.43. The third-order valence-corrected chi connectivity index (χ3v) is 5.81. The maximum Gasteiger partial charge on any atom is 0.233 e. The summed E-state index contributed by atoms with van der Waals surface area (Å²) in [5.74, 6) is 0.331. The lowest BCUT2D eigenvalue weighted by Crippen LogP contribution is -2.52. The third kappa shape index (κ3) is 3.92. The Bertz CT molecular complexity index is 538. The lowest BCUT2D eigenvalue weighted by molar-refractivity contribution is -0.140. The monoisotopic (exact) mass is 400 g/mol. The third-order valence-electron chi connectivity index (χ3n) is 5.32. The molecule has 0 radical (unpaired) electrons. The fourth-order valence-electron chi connectivity index (χ4n) is 3.97. The standard InChI is InChI=1S/C18H25BrN2O.ClH/c19-15-6-4-5-14(13-15)18(9-2-1-3-10-18)17(22)21-11-7-16(20)8-12-21;/h4-6,13,16H,1-3,7-12,20H2;1H. The van der Waals surface area contributed by atoms with Crippen molar-refractivity contribution in [2.45, 2.75) is 56.4 Å². The molecule has 1 saturated heterocycles. The predicted molar refractivity (Wildman–Crippen MR) is 99.9 cm³/mol.